The first-order chi connectivity index (χ1) is 14.0. The molecule has 2 aromatic carbocycles. The zero-order valence-electron chi connectivity index (χ0n) is 16.9. The van der Waals surface area contributed by atoms with Crippen molar-refractivity contribution in [3.05, 3.63) is 59.2 Å². The van der Waals surface area contributed by atoms with Gasteiger partial charge in [-0.2, -0.15) is 0 Å². The molecule has 2 heterocycles. The number of carbonyl (C=O) groups excluding carboxylic acids is 1. The Labute approximate surface area is 170 Å². The van der Waals surface area contributed by atoms with Crippen LogP contribution in [0.1, 0.15) is 28.8 Å². The average molecular weight is 397 g/mol. The van der Waals surface area contributed by atoms with Gasteiger partial charge in [0.1, 0.15) is 17.5 Å². The maximum absolute atomic E-state index is 13.2. The van der Waals surface area contributed by atoms with E-state index in [0.717, 1.165) is 22.4 Å². The number of nitrogens with zero attached hydrogens (tertiary/aromatic N) is 1. The van der Waals surface area contributed by atoms with Gasteiger partial charge >= 0.3 is 0 Å². The molecule has 29 heavy (non-hydrogen) atoms. The fraction of sp³-hybridized carbons (Fsp3) is 0.409. The van der Waals surface area contributed by atoms with Crippen LogP contribution in [-0.2, 0) is 9.53 Å². The zero-order chi connectivity index (χ0) is 20.5. The number of hydrogen-bond acceptors (Lipinski definition) is 6. The third-order valence-corrected chi connectivity index (χ3v) is 5.90. The van der Waals surface area contributed by atoms with Crippen LogP contribution in [0, 0.1) is 12.8 Å². The van der Waals surface area contributed by atoms with Crippen molar-refractivity contribution in [2.24, 2.45) is 5.92 Å². The van der Waals surface area contributed by atoms with Gasteiger partial charge in [0.2, 0.25) is 5.91 Å². The number of phenols is 1. The second-order valence-corrected chi connectivity index (χ2v) is 7.63. The molecule has 2 fully saturated rings. The van der Waals surface area contributed by atoms with E-state index in [2.05, 4.69) is 10.9 Å². The predicted molar refractivity (Wildman–Crippen MR) is 108 cm³/mol. The van der Waals surface area contributed by atoms with Crippen LogP contribution >= 0.6 is 0 Å². The van der Waals surface area contributed by atoms with Crippen LogP contribution in [-0.4, -0.2) is 49.3 Å². The van der Waals surface area contributed by atoms with Gasteiger partial charge in [0.05, 0.1) is 25.8 Å². The van der Waals surface area contributed by atoms with Crippen LogP contribution in [0.15, 0.2) is 42.5 Å². The fourth-order valence-corrected chi connectivity index (χ4v) is 4.55. The van der Waals surface area contributed by atoms with Crippen molar-refractivity contribution in [1.82, 2.24) is 15.8 Å². The smallest absolute Gasteiger partial charge is 0.242 e. The number of aromatic hydroxyl groups is 1. The lowest BCUT2D eigenvalue weighted by Crippen LogP contribution is -2.42. The maximum Gasteiger partial charge on any atom is 0.242 e. The molecule has 2 aromatic rings. The Kier molecular flexibility index (Phi) is 5.45. The molecule has 0 radical (unpaired) electrons. The molecular weight excluding hydrogens is 370 g/mol. The summed E-state index contributed by atoms with van der Waals surface area (Å²) in [5.74, 6) is 0.905. The molecule has 2 saturated heterocycles. The number of benzene rings is 2. The maximum atomic E-state index is 13.2. The molecule has 154 valence electrons. The van der Waals surface area contributed by atoms with E-state index in [1.807, 2.05) is 48.2 Å². The first-order valence-corrected chi connectivity index (χ1v) is 9.79. The van der Waals surface area contributed by atoms with Crippen molar-refractivity contribution in [2.45, 2.75) is 25.0 Å². The molecule has 7 nitrogen and oxygen atoms in total. The highest BCUT2D eigenvalue weighted by molar-refractivity contribution is 5.86. The Morgan fingerprint density at radius 1 is 1.10 bits per heavy atom. The number of hydrogen-bond donors (Lipinski definition) is 3. The summed E-state index contributed by atoms with van der Waals surface area (Å²) in [6.45, 7) is 2.95. The number of rotatable bonds is 6. The number of fused-ring (bicyclic) bond motifs is 1. The minimum atomic E-state index is -0.382. The number of methoxy groups -OCH3 is 2. The second-order valence-electron chi connectivity index (χ2n) is 7.63. The molecule has 0 aliphatic carbocycles. The number of nitrogens with one attached hydrogen (secondary N) is 2. The molecule has 0 spiro atoms. The predicted octanol–water partition coefficient (Wildman–Crippen LogP) is 2.07. The first-order valence-electron chi connectivity index (χ1n) is 9.79. The van der Waals surface area contributed by atoms with Crippen molar-refractivity contribution in [3.8, 4) is 11.5 Å². The van der Waals surface area contributed by atoms with Crippen LogP contribution in [0.3, 0.4) is 0 Å². The summed E-state index contributed by atoms with van der Waals surface area (Å²) in [6, 6.07) is 12.6. The quantitative estimate of drug-likeness (QED) is 0.692. The van der Waals surface area contributed by atoms with Gasteiger partial charge in [-0.05, 0) is 30.7 Å². The van der Waals surface area contributed by atoms with Crippen molar-refractivity contribution < 1.29 is 19.4 Å². The number of hydrazine groups is 1. The van der Waals surface area contributed by atoms with E-state index in [-0.39, 0.29) is 35.7 Å². The molecule has 3 N–H and O–H groups in total. The van der Waals surface area contributed by atoms with E-state index in [0.29, 0.717) is 13.2 Å². The molecule has 4 unspecified atom stereocenters. The Hall–Kier alpha value is -2.61. The van der Waals surface area contributed by atoms with E-state index >= 15 is 0 Å². The van der Waals surface area contributed by atoms with Gasteiger partial charge in [0, 0.05) is 25.1 Å². The number of aryl methyl sites for hydroxylation is 1. The lowest BCUT2D eigenvalue weighted by atomic mass is 9.82. The topological polar surface area (TPSA) is 83.1 Å². The van der Waals surface area contributed by atoms with E-state index < -0.39 is 0 Å². The van der Waals surface area contributed by atoms with Crippen molar-refractivity contribution in [1.29, 1.82) is 0 Å². The molecule has 7 heteroatoms. The molecule has 2 aliphatic rings. The lowest BCUT2D eigenvalue weighted by Gasteiger charge is -2.31. The lowest BCUT2D eigenvalue weighted by molar-refractivity contribution is -0.131. The van der Waals surface area contributed by atoms with Gasteiger partial charge in [-0.25, -0.2) is 10.9 Å². The standard InChI is InChI=1S/C22H27N3O4/c1-13-7-8-17(26)16(11-13)19-18-20(24-23-19)22(27)25(9-10-28-2)21(18)14-5-4-6-15(12-14)29-3/h4-8,11-12,18-21,23-24,26H,9-10H2,1-3H3. The minimum absolute atomic E-state index is 0.0296. The third kappa shape index (κ3) is 3.46. The Morgan fingerprint density at radius 3 is 2.66 bits per heavy atom. The Bertz CT molecular complexity index is 903. The Morgan fingerprint density at radius 2 is 1.90 bits per heavy atom. The summed E-state index contributed by atoms with van der Waals surface area (Å²) in [5, 5.41) is 10.5. The van der Waals surface area contributed by atoms with Gasteiger partial charge < -0.3 is 19.5 Å². The molecule has 4 atom stereocenters. The van der Waals surface area contributed by atoms with E-state index in [1.54, 1.807) is 20.3 Å². The van der Waals surface area contributed by atoms with Gasteiger partial charge in [-0.1, -0.05) is 29.8 Å². The second kappa shape index (κ2) is 8.02. The molecule has 0 aromatic heterocycles. The van der Waals surface area contributed by atoms with Gasteiger partial charge in [0.15, 0.2) is 0 Å². The summed E-state index contributed by atoms with van der Waals surface area (Å²) in [4.78, 5) is 15.1. The monoisotopic (exact) mass is 397 g/mol. The SMILES string of the molecule is COCCN1C(=O)C2NNC(c3cc(C)ccc3O)C2C1c1cccc(OC)c1. The van der Waals surface area contributed by atoms with E-state index in [4.69, 9.17) is 9.47 Å². The summed E-state index contributed by atoms with van der Waals surface area (Å²) in [7, 11) is 3.27. The van der Waals surface area contributed by atoms with Gasteiger partial charge in [-0.3, -0.25) is 4.79 Å². The molecule has 4 rings (SSSR count). The summed E-state index contributed by atoms with van der Waals surface area (Å²) in [5.41, 5.74) is 9.28. The van der Waals surface area contributed by atoms with Crippen molar-refractivity contribution in [3.63, 3.8) is 0 Å². The molecule has 2 aliphatic heterocycles. The fourth-order valence-electron chi connectivity index (χ4n) is 4.55. The van der Waals surface area contributed by atoms with Crippen LogP contribution < -0.4 is 15.6 Å². The van der Waals surface area contributed by atoms with Gasteiger partial charge in [0.25, 0.3) is 0 Å². The molecule has 0 bridgehead atoms. The van der Waals surface area contributed by atoms with Crippen LogP contribution in [0.25, 0.3) is 0 Å². The summed E-state index contributed by atoms with van der Waals surface area (Å²) >= 11 is 0. The van der Waals surface area contributed by atoms with Gasteiger partial charge in [-0.15, -0.1) is 0 Å². The molecule has 1 amide bonds. The normalized spacial score (nSPS) is 26.0. The number of phenolic OH excluding ortho intramolecular Hbond substituents is 1. The zero-order valence-corrected chi connectivity index (χ0v) is 16.9. The highest BCUT2D eigenvalue weighted by Crippen LogP contribution is 2.48. The van der Waals surface area contributed by atoms with E-state index in [1.165, 1.54) is 0 Å². The third-order valence-electron chi connectivity index (χ3n) is 5.90. The summed E-state index contributed by atoms with van der Waals surface area (Å²) in [6.07, 6.45) is 0. The van der Waals surface area contributed by atoms with E-state index in [9.17, 15) is 9.90 Å². The number of ether oxygens (including phenoxy) is 2. The molecule has 0 saturated carbocycles. The van der Waals surface area contributed by atoms with Crippen molar-refractivity contribution >= 4 is 5.91 Å². The molecular formula is C22H27N3O4. The summed E-state index contributed by atoms with van der Waals surface area (Å²) < 4.78 is 10.7. The van der Waals surface area contributed by atoms with Crippen LogP contribution in [0.5, 0.6) is 11.5 Å². The van der Waals surface area contributed by atoms with Crippen LogP contribution in [0.4, 0.5) is 0 Å². The van der Waals surface area contributed by atoms with Crippen LogP contribution in [0.2, 0.25) is 0 Å². The van der Waals surface area contributed by atoms with Crippen molar-refractivity contribution in [2.75, 3.05) is 27.4 Å². The average Bonchev–Trinajstić information content (AvgIpc) is 3.27. The highest BCUT2D eigenvalue weighted by Gasteiger charge is 2.55. The largest absolute Gasteiger partial charge is 0.508 e. The highest BCUT2D eigenvalue weighted by atomic mass is 16.5. The Balaban J connectivity index is 1.78. The number of amides is 1. The minimum Gasteiger partial charge on any atom is -0.508 e. The number of carbonyl (C=O) groups is 1. The number of likely N-dealkylation sites (tertiary alicyclic amines) is 1. The first kappa shape index (κ1) is 19.7.